The fourth-order valence-corrected chi connectivity index (χ4v) is 5.49. The predicted molar refractivity (Wildman–Crippen MR) is 127 cm³/mol. The van der Waals surface area contributed by atoms with Crippen LogP contribution in [0.4, 0.5) is 13.2 Å². The molecule has 0 unspecified atom stereocenters. The summed E-state index contributed by atoms with van der Waals surface area (Å²) in [6.45, 7) is 2.17. The van der Waals surface area contributed by atoms with Gasteiger partial charge < -0.3 is 14.2 Å². The topological polar surface area (TPSA) is 47.4 Å². The summed E-state index contributed by atoms with van der Waals surface area (Å²) < 4.78 is 47.5. The van der Waals surface area contributed by atoms with Crippen molar-refractivity contribution in [1.29, 1.82) is 0 Å². The minimum absolute atomic E-state index is 0.143. The van der Waals surface area contributed by atoms with Gasteiger partial charge >= 0.3 is 12.1 Å². The molecule has 1 saturated carbocycles. The highest BCUT2D eigenvalue weighted by Gasteiger charge is 2.58. The summed E-state index contributed by atoms with van der Waals surface area (Å²) in [4.78, 5) is 18.4. The molecule has 5 nitrogen and oxygen atoms in total. The van der Waals surface area contributed by atoms with Crippen LogP contribution in [-0.2, 0) is 11.3 Å². The Balaban J connectivity index is 1.22. The second-order valence-electron chi connectivity index (χ2n) is 10.00. The zero-order valence-corrected chi connectivity index (χ0v) is 19.9. The molecule has 0 N–H and O–H groups in total. The number of fused-ring (bicyclic) bond motifs is 1. The number of halogens is 3. The van der Waals surface area contributed by atoms with Gasteiger partial charge in [-0.05, 0) is 80.1 Å². The lowest BCUT2D eigenvalue weighted by molar-refractivity contribution is -0.256. The first-order valence-electron chi connectivity index (χ1n) is 12.2. The zero-order chi connectivity index (χ0) is 24.6. The Morgan fingerprint density at radius 2 is 1.86 bits per heavy atom. The molecule has 2 aromatic heterocycles. The first-order valence-corrected chi connectivity index (χ1v) is 12.2. The number of pyridine rings is 1. The Morgan fingerprint density at radius 3 is 2.46 bits per heavy atom. The standard InChI is InChI=1S/C27H30F3N3O2/c1-35-25(34)21-5-3-19(4-6-21)17-33-14-9-22-15-23(16-31-24(22)33)20-7-12-32(13-8-20)18-26(10-2-11-26)27(28,29)30/h3-6,9,14-16,20H,2,7-8,10-13,17-18H2,1H3. The van der Waals surface area contributed by atoms with Gasteiger partial charge in [-0.15, -0.1) is 0 Å². The third-order valence-corrected chi connectivity index (χ3v) is 7.85. The molecule has 1 saturated heterocycles. The molecular formula is C27H30F3N3O2. The molecule has 0 atom stereocenters. The summed E-state index contributed by atoms with van der Waals surface area (Å²) in [5, 5.41) is 1.06. The summed E-state index contributed by atoms with van der Waals surface area (Å²) in [5.74, 6) is -0.0357. The Bertz CT molecular complexity index is 1190. The molecule has 3 heterocycles. The number of methoxy groups -OCH3 is 1. The van der Waals surface area contributed by atoms with Crippen molar-refractivity contribution >= 4 is 17.0 Å². The van der Waals surface area contributed by atoms with Gasteiger partial charge in [-0.2, -0.15) is 13.2 Å². The maximum absolute atomic E-state index is 13.5. The minimum Gasteiger partial charge on any atom is -0.465 e. The predicted octanol–water partition coefficient (Wildman–Crippen LogP) is 5.78. The van der Waals surface area contributed by atoms with Gasteiger partial charge in [-0.25, -0.2) is 9.78 Å². The largest absolute Gasteiger partial charge is 0.465 e. The molecule has 35 heavy (non-hydrogen) atoms. The lowest BCUT2D eigenvalue weighted by Crippen LogP contribution is -2.53. The molecule has 1 aromatic carbocycles. The number of esters is 1. The summed E-state index contributed by atoms with van der Waals surface area (Å²) in [7, 11) is 1.36. The maximum Gasteiger partial charge on any atom is 0.395 e. The molecule has 0 radical (unpaired) electrons. The summed E-state index contributed by atoms with van der Waals surface area (Å²) >= 11 is 0. The number of benzene rings is 1. The van der Waals surface area contributed by atoms with Crippen LogP contribution < -0.4 is 0 Å². The van der Waals surface area contributed by atoms with E-state index >= 15 is 0 Å². The van der Waals surface area contributed by atoms with Crippen LogP contribution in [0.15, 0.2) is 48.8 Å². The van der Waals surface area contributed by atoms with Crippen molar-refractivity contribution in [2.24, 2.45) is 5.41 Å². The van der Waals surface area contributed by atoms with Crippen LogP contribution >= 0.6 is 0 Å². The first-order chi connectivity index (χ1) is 16.8. The van der Waals surface area contributed by atoms with Crippen LogP contribution in [0.2, 0.25) is 0 Å². The summed E-state index contributed by atoms with van der Waals surface area (Å²) in [6.07, 6.45) is 2.75. The normalized spacial score (nSPS) is 19.0. The molecule has 1 aliphatic carbocycles. The van der Waals surface area contributed by atoms with E-state index < -0.39 is 11.6 Å². The highest BCUT2D eigenvalue weighted by Crippen LogP contribution is 2.53. The first kappa shape index (κ1) is 23.9. The van der Waals surface area contributed by atoms with Gasteiger partial charge in [-0.3, -0.25) is 0 Å². The van der Waals surface area contributed by atoms with Gasteiger partial charge in [0, 0.05) is 30.9 Å². The van der Waals surface area contributed by atoms with Crippen molar-refractivity contribution in [2.45, 2.75) is 50.7 Å². The number of carbonyl (C=O) groups is 1. The van der Waals surface area contributed by atoms with E-state index in [9.17, 15) is 18.0 Å². The van der Waals surface area contributed by atoms with Gasteiger partial charge in [0.15, 0.2) is 0 Å². The van der Waals surface area contributed by atoms with Crippen molar-refractivity contribution in [1.82, 2.24) is 14.5 Å². The van der Waals surface area contributed by atoms with Crippen LogP contribution in [0.3, 0.4) is 0 Å². The van der Waals surface area contributed by atoms with Crippen molar-refractivity contribution in [3.8, 4) is 0 Å². The number of alkyl halides is 3. The second kappa shape index (κ2) is 9.30. The molecular weight excluding hydrogens is 455 g/mol. The molecule has 5 rings (SSSR count). The van der Waals surface area contributed by atoms with Gasteiger partial charge in [0.05, 0.1) is 18.1 Å². The number of nitrogens with zero attached hydrogens (tertiary/aromatic N) is 3. The van der Waals surface area contributed by atoms with Gasteiger partial charge in [0.2, 0.25) is 0 Å². The minimum atomic E-state index is -4.10. The van der Waals surface area contributed by atoms with Gasteiger partial charge in [-0.1, -0.05) is 18.6 Å². The summed E-state index contributed by atoms with van der Waals surface area (Å²) in [6, 6.07) is 11.5. The molecule has 0 bridgehead atoms. The molecule has 186 valence electrons. The van der Waals surface area contributed by atoms with Gasteiger partial charge in [0.1, 0.15) is 5.65 Å². The maximum atomic E-state index is 13.5. The zero-order valence-electron chi connectivity index (χ0n) is 19.9. The summed E-state index contributed by atoms with van der Waals surface area (Å²) in [5.41, 5.74) is 2.13. The van der Waals surface area contributed by atoms with E-state index in [0.29, 0.717) is 37.5 Å². The molecule has 8 heteroatoms. The molecule has 1 aliphatic heterocycles. The quantitative estimate of drug-likeness (QED) is 0.415. The molecule has 2 fully saturated rings. The number of rotatable bonds is 6. The number of piperidine rings is 1. The van der Waals surface area contributed by atoms with E-state index in [1.807, 2.05) is 35.5 Å². The van der Waals surface area contributed by atoms with Gasteiger partial charge in [0.25, 0.3) is 0 Å². The molecule has 3 aromatic rings. The Kier molecular flexibility index (Phi) is 6.34. The SMILES string of the molecule is COC(=O)c1ccc(Cn2ccc3cc(C4CCN(CC5(C(F)(F)F)CCC5)CC4)cnc32)cc1. The Morgan fingerprint density at radius 1 is 1.14 bits per heavy atom. The molecule has 0 spiro atoms. The fraction of sp³-hybridized carbons (Fsp3) is 0.481. The van der Waals surface area contributed by atoms with Crippen LogP contribution in [0.1, 0.15) is 59.5 Å². The average molecular weight is 486 g/mol. The smallest absolute Gasteiger partial charge is 0.395 e. The van der Waals surface area contributed by atoms with E-state index in [0.717, 1.165) is 35.0 Å². The number of likely N-dealkylation sites (tertiary alicyclic amines) is 1. The number of hydrogen-bond acceptors (Lipinski definition) is 4. The third kappa shape index (κ3) is 4.68. The number of ether oxygens (including phenoxy) is 1. The Labute approximate surface area is 202 Å². The van der Waals surface area contributed by atoms with Crippen molar-refractivity contribution in [3.05, 3.63) is 65.5 Å². The number of hydrogen-bond donors (Lipinski definition) is 0. The van der Waals surface area contributed by atoms with E-state index in [2.05, 4.69) is 10.6 Å². The van der Waals surface area contributed by atoms with E-state index in [1.54, 1.807) is 12.1 Å². The highest BCUT2D eigenvalue weighted by molar-refractivity contribution is 5.89. The van der Waals surface area contributed by atoms with E-state index in [-0.39, 0.29) is 25.4 Å². The van der Waals surface area contributed by atoms with Crippen LogP contribution in [-0.4, -0.2) is 53.3 Å². The molecule has 0 amide bonds. The van der Waals surface area contributed by atoms with E-state index in [1.165, 1.54) is 7.11 Å². The number of carbonyl (C=O) groups excluding carboxylic acids is 1. The second-order valence-corrected chi connectivity index (χ2v) is 10.00. The lowest BCUT2D eigenvalue weighted by atomic mass is 9.67. The van der Waals surface area contributed by atoms with Crippen molar-refractivity contribution in [2.75, 3.05) is 26.7 Å². The van der Waals surface area contributed by atoms with Crippen molar-refractivity contribution < 1.29 is 22.7 Å². The molecule has 2 aliphatic rings. The van der Waals surface area contributed by atoms with E-state index in [4.69, 9.17) is 9.72 Å². The fourth-order valence-electron chi connectivity index (χ4n) is 5.49. The highest BCUT2D eigenvalue weighted by atomic mass is 19.4. The number of aromatic nitrogens is 2. The average Bonchev–Trinajstić information content (AvgIpc) is 3.23. The third-order valence-electron chi connectivity index (χ3n) is 7.85. The monoisotopic (exact) mass is 485 g/mol. The van der Waals surface area contributed by atoms with Crippen molar-refractivity contribution in [3.63, 3.8) is 0 Å². The lowest BCUT2D eigenvalue weighted by Gasteiger charge is -2.47. The van der Waals surface area contributed by atoms with Crippen LogP contribution in [0.25, 0.3) is 11.0 Å². The van der Waals surface area contributed by atoms with Crippen LogP contribution in [0.5, 0.6) is 0 Å². The van der Waals surface area contributed by atoms with Crippen LogP contribution in [0, 0.1) is 5.41 Å². The Hall–Kier alpha value is -2.87.